The van der Waals surface area contributed by atoms with Crippen molar-refractivity contribution in [3.8, 4) is 0 Å². The van der Waals surface area contributed by atoms with Crippen molar-refractivity contribution in [3.05, 3.63) is 47.3 Å². The minimum absolute atomic E-state index is 0.0494. The van der Waals surface area contributed by atoms with Crippen LogP contribution >= 0.6 is 11.8 Å². The van der Waals surface area contributed by atoms with E-state index in [0.29, 0.717) is 5.16 Å². The first-order chi connectivity index (χ1) is 9.94. The van der Waals surface area contributed by atoms with Gasteiger partial charge >= 0.3 is 0 Å². The molecule has 0 aliphatic carbocycles. The molecule has 1 N–H and O–H groups in total. The zero-order valence-electron chi connectivity index (χ0n) is 12.7. The molecule has 21 heavy (non-hydrogen) atoms. The van der Waals surface area contributed by atoms with Crippen LogP contribution in [0.1, 0.15) is 23.9 Å². The molecule has 0 aliphatic rings. The largest absolute Gasteiger partial charge is 0.325 e. The van der Waals surface area contributed by atoms with E-state index in [1.54, 1.807) is 0 Å². The molecule has 1 aromatic heterocycles. The summed E-state index contributed by atoms with van der Waals surface area (Å²) in [6.07, 6.45) is 0. The first-order valence-corrected chi connectivity index (χ1v) is 7.68. The number of hydrogen-bond acceptors (Lipinski definition) is 4. The summed E-state index contributed by atoms with van der Waals surface area (Å²) < 4.78 is 0. The average molecular weight is 301 g/mol. The lowest BCUT2D eigenvalue weighted by Crippen LogP contribution is -2.22. The number of amides is 1. The van der Waals surface area contributed by atoms with Crippen molar-refractivity contribution in [3.63, 3.8) is 0 Å². The van der Waals surface area contributed by atoms with E-state index in [4.69, 9.17) is 0 Å². The third-order valence-electron chi connectivity index (χ3n) is 2.93. The Kier molecular flexibility index (Phi) is 4.96. The molecule has 1 aromatic carbocycles. The molecule has 0 saturated heterocycles. The Morgan fingerprint density at radius 2 is 1.67 bits per heavy atom. The zero-order chi connectivity index (χ0) is 15.4. The van der Waals surface area contributed by atoms with Gasteiger partial charge in [-0.15, -0.1) is 0 Å². The molecule has 0 bridgehead atoms. The molecule has 0 spiro atoms. The van der Waals surface area contributed by atoms with Gasteiger partial charge in [-0.25, -0.2) is 9.97 Å². The number of benzene rings is 1. The molecule has 1 atom stereocenters. The first-order valence-electron chi connectivity index (χ1n) is 6.80. The molecule has 4 nitrogen and oxygen atoms in total. The van der Waals surface area contributed by atoms with Crippen molar-refractivity contribution in [1.29, 1.82) is 0 Å². The minimum atomic E-state index is -0.257. The van der Waals surface area contributed by atoms with Crippen LogP contribution in [0.3, 0.4) is 0 Å². The van der Waals surface area contributed by atoms with Crippen LogP contribution in [-0.4, -0.2) is 21.1 Å². The number of hydrogen-bond donors (Lipinski definition) is 1. The van der Waals surface area contributed by atoms with Crippen molar-refractivity contribution >= 4 is 23.4 Å². The summed E-state index contributed by atoms with van der Waals surface area (Å²) in [6.45, 7) is 7.72. The molecule has 0 aliphatic heterocycles. The smallest absolute Gasteiger partial charge is 0.237 e. The maximum Gasteiger partial charge on any atom is 0.237 e. The SMILES string of the molecule is Cc1ccc(NC(=O)[C@H](C)Sc2nc(C)cc(C)n2)cc1. The fourth-order valence-corrected chi connectivity index (χ4v) is 2.71. The van der Waals surface area contributed by atoms with E-state index in [1.165, 1.54) is 17.3 Å². The highest BCUT2D eigenvalue weighted by atomic mass is 32.2. The summed E-state index contributed by atoms with van der Waals surface area (Å²) in [7, 11) is 0. The fraction of sp³-hybridized carbons (Fsp3) is 0.312. The van der Waals surface area contributed by atoms with E-state index < -0.39 is 0 Å². The maximum absolute atomic E-state index is 12.2. The molecule has 0 fully saturated rings. The number of carbonyl (C=O) groups is 1. The summed E-state index contributed by atoms with van der Waals surface area (Å²) in [6, 6.07) is 9.66. The molecule has 0 unspecified atom stereocenters. The summed E-state index contributed by atoms with van der Waals surface area (Å²) in [5, 5.41) is 3.28. The molecule has 0 radical (unpaired) electrons. The lowest BCUT2D eigenvalue weighted by Gasteiger charge is -2.11. The van der Waals surface area contributed by atoms with Crippen molar-refractivity contribution < 1.29 is 4.79 Å². The van der Waals surface area contributed by atoms with Crippen LogP contribution in [0.5, 0.6) is 0 Å². The second kappa shape index (κ2) is 6.72. The highest BCUT2D eigenvalue weighted by Gasteiger charge is 2.16. The number of thioether (sulfide) groups is 1. The Bertz CT molecular complexity index is 620. The van der Waals surface area contributed by atoms with Crippen LogP contribution in [0, 0.1) is 20.8 Å². The first kappa shape index (κ1) is 15.5. The maximum atomic E-state index is 12.2. The summed E-state index contributed by atoms with van der Waals surface area (Å²) in [5.41, 5.74) is 3.80. The number of nitrogens with one attached hydrogen (secondary N) is 1. The van der Waals surface area contributed by atoms with Gasteiger partial charge in [-0.3, -0.25) is 4.79 Å². The second-order valence-corrected chi connectivity index (χ2v) is 6.36. The molecule has 0 saturated carbocycles. The number of aryl methyl sites for hydroxylation is 3. The van der Waals surface area contributed by atoms with Gasteiger partial charge in [0, 0.05) is 17.1 Å². The van der Waals surface area contributed by atoms with E-state index in [-0.39, 0.29) is 11.2 Å². The van der Waals surface area contributed by atoms with Gasteiger partial charge in [0.15, 0.2) is 5.16 Å². The minimum Gasteiger partial charge on any atom is -0.325 e. The Hall–Kier alpha value is -1.88. The third-order valence-corrected chi connectivity index (χ3v) is 3.89. The standard InChI is InChI=1S/C16H19N3OS/c1-10-5-7-14(8-6-10)19-15(20)13(4)21-16-17-11(2)9-12(3)18-16/h5-9,13H,1-4H3,(H,19,20)/t13-/m0/s1. The van der Waals surface area contributed by atoms with Crippen molar-refractivity contribution in [2.75, 3.05) is 5.32 Å². The average Bonchev–Trinajstić information content (AvgIpc) is 2.40. The van der Waals surface area contributed by atoms with Gasteiger partial charge in [0.25, 0.3) is 0 Å². The molecular formula is C16H19N3OS. The number of carbonyl (C=O) groups excluding carboxylic acids is 1. The Morgan fingerprint density at radius 3 is 2.24 bits per heavy atom. The van der Waals surface area contributed by atoms with Gasteiger partial charge in [0.2, 0.25) is 5.91 Å². The zero-order valence-corrected chi connectivity index (χ0v) is 13.5. The van der Waals surface area contributed by atoms with E-state index in [0.717, 1.165) is 17.1 Å². The monoisotopic (exact) mass is 301 g/mol. The molecule has 110 valence electrons. The topological polar surface area (TPSA) is 54.9 Å². The van der Waals surface area contributed by atoms with Gasteiger partial charge in [-0.2, -0.15) is 0 Å². The molecule has 5 heteroatoms. The van der Waals surface area contributed by atoms with Crippen LogP contribution in [0.15, 0.2) is 35.5 Å². The van der Waals surface area contributed by atoms with Gasteiger partial charge < -0.3 is 5.32 Å². The summed E-state index contributed by atoms with van der Waals surface area (Å²) >= 11 is 1.37. The number of rotatable bonds is 4. The van der Waals surface area contributed by atoms with Gasteiger partial charge in [0.1, 0.15) is 0 Å². The van der Waals surface area contributed by atoms with Crippen LogP contribution < -0.4 is 5.32 Å². The molecule has 2 aromatic rings. The van der Waals surface area contributed by atoms with Crippen LogP contribution in [0.25, 0.3) is 0 Å². The lowest BCUT2D eigenvalue weighted by atomic mass is 10.2. The van der Waals surface area contributed by atoms with Crippen molar-refractivity contribution in [2.45, 2.75) is 38.1 Å². The number of nitrogens with zero attached hydrogens (tertiary/aromatic N) is 2. The summed E-state index contributed by atoms with van der Waals surface area (Å²) in [5.74, 6) is -0.0494. The summed E-state index contributed by atoms with van der Waals surface area (Å²) in [4.78, 5) is 20.9. The molecule has 1 amide bonds. The predicted molar refractivity (Wildman–Crippen MR) is 86.6 cm³/mol. The highest BCUT2D eigenvalue weighted by Crippen LogP contribution is 2.21. The lowest BCUT2D eigenvalue weighted by molar-refractivity contribution is -0.115. The van der Waals surface area contributed by atoms with E-state index in [9.17, 15) is 4.79 Å². The van der Waals surface area contributed by atoms with Crippen LogP contribution in [0.2, 0.25) is 0 Å². The van der Waals surface area contributed by atoms with Crippen molar-refractivity contribution in [2.24, 2.45) is 0 Å². The van der Waals surface area contributed by atoms with Gasteiger partial charge in [0.05, 0.1) is 5.25 Å². The second-order valence-electron chi connectivity index (χ2n) is 5.05. The number of aromatic nitrogens is 2. The van der Waals surface area contributed by atoms with Crippen LogP contribution in [-0.2, 0) is 4.79 Å². The fourth-order valence-electron chi connectivity index (χ4n) is 1.84. The third kappa shape index (κ3) is 4.56. The molecule has 1 heterocycles. The highest BCUT2D eigenvalue weighted by molar-refractivity contribution is 8.00. The Labute approximate surface area is 129 Å². The Morgan fingerprint density at radius 1 is 1.10 bits per heavy atom. The van der Waals surface area contributed by atoms with Gasteiger partial charge in [-0.05, 0) is 45.9 Å². The van der Waals surface area contributed by atoms with E-state index >= 15 is 0 Å². The van der Waals surface area contributed by atoms with E-state index in [2.05, 4.69) is 15.3 Å². The molecule has 2 rings (SSSR count). The predicted octanol–water partition coefficient (Wildman–Crippen LogP) is 3.52. The quantitative estimate of drug-likeness (QED) is 0.693. The molecular weight excluding hydrogens is 282 g/mol. The van der Waals surface area contributed by atoms with Crippen LogP contribution in [0.4, 0.5) is 5.69 Å². The van der Waals surface area contributed by atoms with Crippen molar-refractivity contribution in [1.82, 2.24) is 9.97 Å². The normalized spacial score (nSPS) is 12.0. The van der Waals surface area contributed by atoms with E-state index in [1.807, 2.05) is 58.0 Å². The van der Waals surface area contributed by atoms with Gasteiger partial charge in [-0.1, -0.05) is 29.5 Å². The number of anilines is 1. The Balaban J connectivity index is 2.00.